The molecule has 3 heterocycles. The summed E-state index contributed by atoms with van der Waals surface area (Å²) in [5, 5.41) is 9.19. The Morgan fingerprint density at radius 1 is 1.24 bits per heavy atom. The van der Waals surface area contributed by atoms with Gasteiger partial charge in [-0.15, -0.1) is 10.2 Å². The van der Waals surface area contributed by atoms with Crippen molar-refractivity contribution in [3.8, 4) is 22.9 Å². The third-order valence-electron chi connectivity index (χ3n) is 6.08. The number of benzene rings is 1. The topological polar surface area (TPSA) is 108 Å². The van der Waals surface area contributed by atoms with E-state index in [1.807, 2.05) is 25.1 Å². The molecule has 1 fully saturated rings. The minimum atomic E-state index is -3.22. The summed E-state index contributed by atoms with van der Waals surface area (Å²) in [7, 11) is -3.22. The van der Waals surface area contributed by atoms with Gasteiger partial charge in [-0.2, -0.15) is 0 Å². The zero-order valence-corrected chi connectivity index (χ0v) is 21.2. The number of nitrogens with one attached hydrogen (secondary N) is 1. The Balaban J connectivity index is 1.64. The molecular formula is C23H35N5O5S. The molecule has 0 bridgehead atoms. The number of nitrogens with zero attached hydrogens (tertiary/aromatic N) is 4. The summed E-state index contributed by atoms with van der Waals surface area (Å²) >= 11 is 0. The van der Waals surface area contributed by atoms with E-state index < -0.39 is 10.0 Å². The number of fused-ring (bicyclic) bond motifs is 1. The average molecular weight is 494 g/mol. The summed E-state index contributed by atoms with van der Waals surface area (Å²) in [5.41, 5.74) is 0.758. The lowest BCUT2D eigenvalue weighted by molar-refractivity contribution is 0.0614. The molecule has 1 aromatic carbocycles. The van der Waals surface area contributed by atoms with Crippen LogP contribution < -0.4 is 19.1 Å². The van der Waals surface area contributed by atoms with Crippen LogP contribution in [0.5, 0.6) is 11.5 Å². The van der Waals surface area contributed by atoms with Crippen LogP contribution in [-0.4, -0.2) is 69.1 Å². The van der Waals surface area contributed by atoms with Gasteiger partial charge in [-0.3, -0.25) is 4.57 Å². The number of sulfonamides is 1. The van der Waals surface area contributed by atoms with Crippen molar-refractivity contribution in [2.45, 2.75) is 40.2 Å². The number of rotatable bonds is 10. The summed E-state index contributed by atoms with van der Waals surface area (Å²) in [6.45, 7) is 10.5. The van der Waals surface area contributed by atoms with Gasteiger partial charge in [0, 0.05) is 43.8 Å². The van der Waals surface area contributed by atoms with Gasteiger partial charge in [0.15, 0.2) is 17.3 Å². The molecule has 0 aliphatic carbocycles. The van der Waals surface area contributed by atoms with Crippen LogP contribution in [0.25, 0.3) is 11.4 Å². The monoisotopic (exact) mass is 493 g/mol. The predicted molar refractivity (Wildman–Crippen MR) is 130 cm³/mol. The van der Waals surface area contributed by atoms with Gasteiger partial charge in [0.1, 0.15) is 0 Å². The molecule has 2 aliphatic rings. The van der Waals surface area contributed by atoms with Crippen LogP contribution in [0.15, 0.2) is 18.2 Å². The van der Waals surface area contributed by atoms with Crippen LogP contribution in [0.2, 0.25) is 0 Å². The van der Waals surface area contributed by atoms with Crippen molar-refractivity contribution in [2.75, 3.05) is 50.8 Å². The van der Waals surface area contributed by atoms with Gasteiger partial charge in [-0.1, -0.05) is 13.8 Å². The molecule has 1 saturated heterocycles. The van der Waals surface area contributed by atoms with Crippen LogP contribution in [0.4, 0.5) is 5.95 Å². The Bertz CT molecular complexity index is 1100. The van der Waals surface area contributed by atoms with Gasteiger partial charge in [0.2, 0.25) is 22.8 Å². The van der Waals surface area contributed by atoms with E-state index in [9.17, 15) is 8.42 Å². The van der Waals surface area contributed by atoms with Crippen LogP contribution in [-0.2, 0) is 21.3 Å². The number of hydrogen-bond acceptors (Lipinski definition) is 8. The number of anilines is 1. The van der Waals surface area contributed by atoms with Gasteiger partial charge in [0.05, 0.1) is 12.9 Å². The van der Waals surface area contributed by atoms with Gasteiger partial charge in [0.25, 0.3) is 0 Å². The maximum atomic E-state index is 11.6. The highest BCUT2D eigenvalue weighted by Crippen LogP contribution is 2.37. The molecule has 0 radical (unpaired) electrons. The van der Waals surface area contributed by atoms with E-state index >= 15 is 0 Å². The van der Waals surface area contributed by atoms with Crippen molar-refractivity contribution < 1.29 is 22.6 Å². The van der Waals surface area contributed by atoms with Crippen molar-refractivity contribution in [1.82, 2.24) is 19.5 Å². The van der Waals surface area contributed by atoms with E-state index in [2.05, 4.69) is 38.2 Å². The Labute approximate surface area is 201 Å². The number of ether oxygens (including phenoxy) is 3. The smallest absolute Gasteiger partial charge is 0.231 e. The third-order valence-corrected chi connectivity index (χ3v) is 6.77. The molecule has 188 valence electrons. The first-order valence-electron chi connectivity index (χ1n) is 11.8. The Kier molecular flexibility index (Phi) is 7.34. The lowest BCUT2D eigenvalue weighted by atomic mass is 9.94. The highest BCUT2D eigenvalue weighted by molar-refractivity contribution is 7.88. The molecule has 11 heteroatoms. The molecule has 34 heavy (non-hydrogen) atoms. The zero-order chi connectivity index (χ0) is 24.3. The standard InChI is InChI=1S/C23H35N5O5S/c1-5-31-15-23(2,3)14-28-21(18-8-9-19-20(11-18)33-16-32-19)25-26-22(28)27-10-6-7-17(13-27)12-24-34(4,29)30/h8-9,11,17,24H,5-7,10,12-16H2,1-4H3. The highest BCUT2D eigenvalue weighted by Gasteiger charge is 2.30. The predicted octanol–water partition coefficient (Wildman–Crippen LogP) is 2.50. The average Bonchev–Trinajstić information content (AvgIpc) is 3.42. The first kappa shape index (κ1) is 24.7. The second-order valence-corrected chi connectivity index (χ2v) is 11.7. The second kappa shape index (κ2) is 10.1. The molecule has 1 N–H and O–H groups in total. The Morgan fingerprint density at radius 3 is 2.79 bits per heavy atom. The van der Waals surface area contributed by atoms with E-state index in [-0.39, 0.29) is 18.1 Å². The minimum absolute atomic E-state index is 0.148. The van der Waals surface area contributed by atoms with Crippen molar-refractivity contribution in [1.29, 1.82) is 0 Å². The van der Waals surface area contributed by atoms with E-state index in [4.69, 9.17) is 14.2 Å². The second-order valence-electron chi connectivity index (χ2n) is 9.85. The Morgan fingerprint density at radius 2 is 2.03 bits per heavy atom. The van der Waals surface area contributed by atoms with Gasteiger partial charge < -0.3 is 19.1 Å². The first-order valence-corrected chi connectivity index (χ1v) is 13.6. The third kappa shape index (κ3) is 6.00. The van der Waals surface area contributed by atoms with Crippen LogP contribution in [0, 0.1) is 11.3 Å². The van der Waals surface area contributed by atoms with Crippen molar-refractivity contribution in [3.05, 3.63) is 18.2 Å². The van der Waals surface area contributed by atoms with Gasteiger partial charge >= 0.3 is 0 Å². The van der Waals surface area contributed by atoms with E-state index in [1.165, 1.54) is 6.26 Å². The van der Waals surface area contributed by atoms with E-state index in [0.717, 1.165) is 42.5 Å². The summed E-state index contributed by atoms with van der Waals surface area (Å²) in [6.07, 6.45) is 3.13. The zero-order valence-electron chi connectivity index (χ0n) is 20.4. The molecule has 0 saturated carbocycles. The van der Waals surface area contributed by atoms with Crippen LogP contribution >= 0.6 is 0 Å². The molecule has 1 aromatic heterocycles. The minimum Gasteiger partial charge on any atom is -0.454 e. The normalized spacial score (nSPS) is 18.5. The summed E-state index contributed by atoms with van der Waals surface area (Å²) in [6, 6.07) is 5.81. The van der Waals surface area contributed by atoms with E-state index in [0.29, 0.717) is 38.6 Å². The quantitative estimate of drug-likeness (QED) is 0.538. The lowest BCUT2D eigenvalue weighted by Crippen LogP contribution is -2.42. The molecule has 2 aliphatic heterocycles. The summed E-state index contributed by atoms with van der Waals surface area (Å²) in [5.74, 6) is 3.19. The number of hydrogen-bond donors (Lipinski definition) is 1. The lowest BCUT2D eigenvalue weighted by Gasteiger charge is -2.35. The fraction of sp³-hybridized carbons (Fsp3) is 0.652. The van der Waals surface area contributed by atoms with Gasteiger partial charge in [-0.25, -0.2) is 13.1 Å². The molecule has 10 nitrogen and oxygen atoms in total. The van der Waals surface area contributed by atoms with Crippen molar-refractivity contribution in [3.63, 3.8) is 0 Å². The largest absolute Gasteiger partial charge is 0.454 e. The van der Waals surface area contributed by atoms with E-state index in [1.54, 1.807) is 0 Å². The van der Waals surface area contributed by atoms with Crippen molar-refractivity contribution in [2.24, 2.45) is 11.3 Å². The molecular weight excluding hydrogens is 458 g/mol. The fourth-order valence-electron chi connectivity index (χ4n) is 4.46. The number of piperidine rings is 1. The maximum absolute atomic E-state index is 11.6. The first-order chi connectivity index (χ1) is 16.1. The van der Waals surface area contributed by atoms with Crippen molar-refractivity contribution >= 4 is 16.0 Å². The number of aromatic nitrogens is 3. The molecule has 1 unspecified atom stereocenters. The fourth-order valence-corrected chi connectivity index (χ4v) is 5.00. The molecule has 0 spiro atoms. The summed E-state index contributed by atoms with van der Waals surface area (Å²) < 4.78 is 44.8. The molecule has 4 rings (SSSR count). The SMILES string of the molecule is CCOCC(C)(C)Cn1c(-c2ccc3c(c2)OCO3)nnc1N1CCCC(CNS(C)(=O)=O)C1. The highest BCUT2D eigenvalue weighted by atomic mass is 32.2. The Hall–Kier alpha value is -2.37. The molecule has 0 amide bonds. The van der Waals surface area contributed by atoms with Gasteiger partial charge in [-0.05, 0) is 43.9 Å². The molecule has 2 aromatic rings. The summed E-state index contributed by atoms with van der Waals surface area (Å²) in [4.78, 5) is 2.22. The van der Waals surface area contributed by atoms with Crippen LogP contribution in [0.3, 0.4) is 0 Å². The molecule has 1 atom stereocenters. The van der Waals surface area contributed by atoms with Crippen LogP contribution in [0.1, 0.15) is 33.6 Å². The maximum Gasteiger partial charge on any atom is 0.231 e.